The largest absolute Gasteiger partial charge is 0.494 e. The molecule has 1 nitrogen and oxygen atoms in total. The molecule has 0 aromatic heterocycles. The highest BCUT2D eigenvalue weighted by molar-refractivity contribution is 7.80. The van der Waals surface area contributed by atoms with Gasteiger partial charge in [-0.2, -0.15) is 0 Å². The van der Waals surface area contributed by atoms with E-state index >= 15 is 0 Å². The Bertz CT molecular complexity index is 321. The highest BCUT2D eigenvalue weighted by Crippen LogP contribution is 2.19. The number of thiol groups is 1. The van der Waals surface area contributed by atoms with Crippen LogP contribution in [0.1, 0.15) is 6.42 Å². The molecule has 1 rings (SSSR count). The summed E-state index contributed by atoms with van der Waals surface area (Å²) in [5.41, 5.74) is 0.671. The van der Waals surface area contributed by atoms with Gasteiger partial charge in [-0.3, -0.25) is 0 Å². The predicted octanol–water partition coefficient (Wildman–Crippen LogP) is 3.79. The maximum atomic E-state index is 5.68. The van der Waals surface area contributed by atoms with Crippen LogP contribution in [-0.4, -0.2) is 15.4 Å². The summed E-state index contributed by atoms with van der Waals surface area (Å²) in [5, 5.41) is 0. The van der Waals surface area contributed by atoms with Crippen molar-refractivity contribution in [2.75, 3.05) is 6.61 Å². The van der Waals surface area contributed by atoms with Crippen LogP contribution < -0.4 is 4.74 Å². The van der Waals surface area contributed by atoms with Gasteiger partial charge in [-0.05, 0) is 36.2 Å². The highest BCUT2D eigenvalue weighted by Gasteiger charge is 2.10. The van der Waals surface area contributed by atoms with E-state index in [0.29, 0.717) is 5.54 Å². The average molecular weight is 252 g/mol. The van der Waals surface area contributed by atoms with Crippen LogP contribution in [0.25, 0.3) is 0 Å². The van der Waals surface area contributed by atoms with Crippen LogP contribution in [0.3, 0.4) is 0 Å². The predicted molar refractivity (Wildman–Crippen MR) is 76.6 cm³/mol. The van der Waals surface area contributed by atoms with E-state index in [1.807, 2.05) is 24.3 Å². The molecule has 0 saturated carbocycles. The van der Waals surface area contributed by atoms with Crippen LogP contribution in [0.5, 0.6) is 5.75 Å². The van der Waals surface area contributed by atoms with E-state index in [-0.39, 0.29) is 0 Å². The van der Waals surface area contributed by atoms with Gasteiger partial charge in [-0.1, -0.05) is 19.2 Å². The van der Waals surface area contributed by atoms with Crippen LogP contribution in [0, 0.1) is 0 Å². The van der Waals surface area contributed by atoms with Gasteiger partial charge in [0, 0.05) is 13.7 Å². The van der Waals surface area contributed by atoms with Crippen LogP contribution in [-0.2, 0) is 0 Å². The maximum absolute atomic E-state index is 5.68. The molecule has 1 atom stereocenters. The molecule has 0 spiro atoms. The minimum absolute atomic E-state index is 0.629. The zero-order valence-corrected chi connectivity index (χ0v) is 12.1. The van der Waals surface area contributed by atoms with Crippen LogP contribution in [0.4, 0.5) is 0 Å². The third-order valence-corrected chi connectivity index (χ3v) is 5.33. The van der Waals surface area contributed by atoms with Gasteiger partial charge in [-0.15, -0.1) is 19.2 Å². The lowest BCUT2D eigenvalue weighted by Gasteiger charge is -2.15. The van der Waals surface area contributed by atoms with E-state index in [2.05, 4.69) is 38.4 Å². The SMILES string of the molecule is C=CC(CCOc1ccc(S)cc1)[SiH](C)C. The Kier molecular flexibility index (Phi) is 5.70. The molecule has 3 heteroatoms. The van der Waals surface area contributed by atoms with E-state index in [1.165, 1.54) is 0 Å². The fourth-order valence-corrected chi connectivity index (χ4v) is 3.07. The first-order valence-corrected chi connectivity index (χ1v) is 9.10. The molecule has 1 unspecified atom stereocenters. The molecular weight excluding hydrogens is 232 g/mol. The summed E-state index contributed by atoms with van der Waals surface area (Å²) in [5.74, 6) is 0.922. The quantitative estimate of drug-likeness (QED) is 0.460. The molecule has 0 radical (unpaired) electrons. The summed E-state index contributed by atoms with van der Waals surface area (Å²) in [7, 11) is -0.629. The Morgan fingerprint density at radius 2 is 2.00 bits per heavy atom. The number of ether oxygens (including phenoxy) is 1. The molecule has 0 N–H and O–H groups in total. The van der Waals surface area contributed by atoms with Gasteiger partial charge < -0.3 is 4.74 Å². The van der Waals surface area contributed by atoms with E-state index in [0.717, 1.165) is 23.7 Å². The molecule has 0 aliphatic carbocycles. The topological polar surface area (TPSA) is 9.23 Å². The van der Waals surface area contributed by atoms with E-state index in [4.69, 9.17) is 4.74 Å². The van der Waals surface area contributed by atoms with Crippen LogP contribution >= 0.6 is 12.6 Å². The molecule has 0 aliphatic rings. The first-order valence-electron chi connectivity index (χ1n) is 5.68. The smallest absolute Gasteiger partial charge is 0.119 e. The summed E-state index contributed by atoms with van der Waals surface area (Å²) in [6.07, 6.45) is 3.16. The number of hydrogen-bond donors (Lipinski definition) is 1. The maximum Gasteiger partial charge on any atom is 0.119 e. The fraction of sp³-hybridized carbons (Fsp3) is 0.385. The molecule has 1 aromatic rings. The Balaban J connectivity index is 2.35. The number of rotatable bonds is 6. The summed E-state index contributed by atoms with van der Waals surface area (Å²) in [6.45, 7) is 9.36. The number of hydrogen-bond acceptors (Lipinski definition) is 2. The molecule has 0 fully saturated rings. The van der Waals surface area contributed by atoms with Crippen molar-refractivity contribution in [3.05, 3.63) is 36.9 Å². The lowest BCUT2D eigenvalue weighted by molar-refractivity contribution is 0.311. The van der Waals surface area contributed by atoms with E-state index < -0.39 is 8.80 Å². The van der Waals surface area contributed by atoms with Gasteiger partial charge in [0.25, 0.3) is 0 Å². The van der Waals surface area contributed by atoms with Crippen molar-refractivity contribution in [1.82, 2.24) is 0 Å². The summed E-state index contributed by atoms with van der Waals surface area (Å²) in [4.78, 5) is 0.964. The molecule has 0 saturated heterocycles. The van der Waals surface area contributed by atoms with Gasteiger partial charge in [-0.25, -0.2) is 0 Å². The van der Waals surface area contributed by atoms with Crippen molar-refractivity contribution < 1.29 is 4.74 Å². The first kappa shape index (κ1) is 13.4. The van der Waals surface area contributed by atoms with Crippen molar-refractivity contribution in [2.24, 2.45) is 0 Å². The normalized spacial score (nSPS) is 12.5. The lowest BCUT2D eigenvalue weighted by atomic mass is 10.3. The molecule has 0 aliphatic heterocycles. The first-order chi connectivity index (χ1) is 7.63. The van der Waals surface area contributed by atoms with Gasteiger partial charge in [0.15, 0.2) is 0 Å². The van der Waals surface area contributed by atoms with Gasteiger partial charge in [0.2, 0.25) is 0 Å². The zero-order chi connectivity index (χ0) is 12.0. The van der Waals surface area contributed by atoms with Gasteiger partial charge in [0.05, 0.1) is 6.61 Å². The van der Waals surface area contributed by atoms with Gasteiger partial charge in [0.1, 0.15) is 5.75 Å². The minimum Gasteiger partial charge on any atom is -0.494 e. The molecule has 0 heterocycles. The molecule has 88 valence electrons. The lowest BCUT2D eigenvalue weighted by Crippen LogP contribution is -2.13. The Labute approximate surface area is 106 Å². The Morgan fingerprint density at radius 1 is 1.38 bits per heavy atom. The monoisotopic (exact) mass is 252 g/mol. The molecule has 1 aromatic carbocycles. The van der Waals surface area contributed by atoms with Crippen molar-refractivity contribution in [3.8, 4) is 5.75 Å². The summed E-state index contributed by atoms with van der Waals surface area (Å²) >= 11 is 4.23. The fourth-order valence-electron chi connectivity index (χ4n) is 1.58. The second-order valence-corrected chi connectivity index (χ2v) is 8.14. The summed E-state index contributed by atoms with van der Waals surface area (Å²) in [6, 6.07) is 7.80. The minimum atomic E-state index is -0.629. The van der Waals surface area contributed by atoms with Gasteiger partial charge >= 0.3 is 0 Å². The third-order valence-electron chi connectivity index (χ3n) is 2.72. The molecular formula is C13H20OSSi. The second-order valence-electron chi connectivity index (χ2n) is 4.27. The van der Waals surface area contributed by atoms with Crippen molar-refractivity contribution in [2.45, 2.75) is 30.0 Å². The summed E-state index contributed by atoms with van der Waals surface area (Å²) < 4.78 is 5.68. The van der Waals surface area contributed by atoms with Crippen molar-refractivity contribution in [3.63, 3.8) is 0 Å². The third kappa shape index (κ3) is 4.45. The highest BCUT2D eigenvalue weighted by atomic mass is 32.1. The van der Waals surface area contributed by atoms with Crippen molar-refractivity contribution in [1.29, 1.82) is 0 Å². The number of allylic oxidation sites excluding steroid dienone is 1. The molecule has 0 bridgehead atoms. The zero-order valence-electron chi connectivity index (χ0n) is 10.0. The van der Waals surface area contributed by atoms with Crippen LogP contribution in [0.15, 0.2) is 41.8 Å². The standard InChI is InChI=1S/C13H20OSSi/c1-4-13(16(2)3)9-10-14-11-5-7-12(15)8-6-11/h4-8,13,15-16H,1,9-10H2,2-3H3. The van der Waals surface area contributed by atoms with Crippen LogP contribution in [0.2, 0.25) is 18.6 Å². The molecule has 16 heavy (non-hydrogen) atoms. The van der Waals surface area contributed by atoms with Crippen molar-refractivity contribution >= 4 is 21.4 Å². The second kappa shape index (κ2) is 6.81. The Hall–Kier alpha value is -0.673. The molecule has 0 amide bonds. The number of benzene rings is 1. The van der Waals surface area contributed by atoms with E-state index in [1.54, 1.807) is 0 Å². The Morgan fingerprint density at radius 3 is 2.50 bits per heavy atom. The average Bonchev–Trinajstić information content (AvgIpc) is 2.26. The van der Waals surface area contributed by atoms with E-state index in [9.17, 15) is 0 Å².